The molecule has 0 saturated heterocycles. The van der Waals surface area contributed by atoms with Gasteiger partial charge in [0.1, 0.15) is 18.2 Å². The van der Waals surface area contributed by atoms with Gasteiger partial charge in [-0.3, -0.25) is 11.3 Å². The van der Waals surface area contributed by atoms with E-state index in [1.807, 2.05) is 0 Å². The molecule has 0 aromatic heterocycles. The lowest BCUT2D eigenvalue weighted by atomic mass is 10.1. The Balaban J connectivity index is 1.96. The molecule has 21 heavy (non-hydrogen) atoms. The third-order valence-electron chi connectivity index (χ3n) is 2.97. The Bertz CT molecular complexity index is 593. The average Bonchev–Trinajstić information content (AvgIpc) is 2.48. The highest BCUT2D eigenvalue weighted by atomic mass is 35.5. The molecular weight excluding hydrogens is 314 g/mol. The summed E-state index contributed by atoms with van der Waals surface area (Å²) < 4.78 is 19.3. The standard InChI is InChI=1S/C15H15Cl2FN2O/c16-11-1-4-14(5-2-11)21-9-13(20-19)8-10-7-12(17)3-6-15(10)18/h1-7,13,20H,8-9,19H2. The van der Waals surface area contributed by atoms with Crippen LogP contribution in [0.15, 0.2) is 42.5 Å². The van der Waals surface area contributed by atoms with E-state index in [-0.39, 0.29) is 11.9 Å². The molecule has 1 atom stereocenters. The Morgan fingerprint density at radius 1 is 1.10 bits per heavy atom. The van der Waals surface area contributed by atoms with Crippen molar-refractivity contribution in [3.63, 3.8) is 0 Å². The molecule has 3 nitrogen and oxygen atoms in total. The highest BCUT2D eigenvalue weighted by molar-refractivity contribution is 6.30. The van der Waals surface area contributed by atoms with Crippen LogP contribution in [0, 0.1) is 5.82 Å². The molecule has 1 unspecified atom stereocenters. The molecule has 112 valence electrons. The summed E-state index contributed by atoms with van der Waals surface area (Å²) in [6.45, 7) is 0.296. The van der Waals surface area contributed by atoms with Gasteiger partial charge in [0.2, 0.25) is 0 Å². The smallest absolute Gasteiger partial charge is 0.126 e. The summed E-state index contributed by atoms with van der Waals surface area (Å²) in [5.41, 5.74) is 3.11. The largest absolute Gasteiger partial charge is 0.492 e. The molecule has 2 aromatic rings. The summed E-state index contributed by atoms with van der Waals surface area (Å²) in [7, 11) is 0. The molecule has 0 radical (unpaired) electrons. The van der Waals surface area contributed by atoms with E-state index < -0.39 is 0 Å². The van der Waals surface area contributed by atoms with Crippen molar-refractivity contribution in [1.29, 1.82) is 0 Å². The fourth-order valence-corrected chi connectivity index (χ4v) is 2.18. The zero-order valence-electron chi connectivity index (χ0n) is 11.2. The molecule has 0 saturated carbocycles. The monoisotopic (exact) mass is 328 g/mol. The van der Waals surface area contributed by atoms with Gasteiger partial charge >= 0.3 is 0 Å². The zero-order valence-corrected chi connectivity index (χ0v) is 12.7. The summed E-state index contributed by atoms with van der Waals surface area (Å²) in [5, 5.41) is 1.12. The molecule has 2 aromatic carbocycles. The fourth-order valence-electron chi connectivity index (χ4n) is 1.86. The molecule has 0 amide bonds. The van der Waals surface area contributed by atoms with Gasteiger partial charge in [0.05, 0.1) is 6.04 Å². The highest BCUT2D eigenvalue weighted by Crippen LogP contribution is 2.18. The van der Waals surface area contributed by atoms with Crippen LogP contribution in [0.4, 0.5) is 4.39 Å². The van der Waals surface area contributed by atoms with Gasteiger partial charge in [0, 0.05) is 10.0 Å². The zero-order chi connectivity index (χ0) is 15.2. The molecule has 0 aliphatic heterocycles. The second-order valence-electron chi connectivity index (χ2n) is 4.57. The van der Waals surface area contributed by atoms with Crippen LogP contribution < -0.4 is 16.0 Å². The number of nitrogens with two attached hydrogens (primary N) is 1. The predicted molar refractivity (Wildman–Crippen MR) is 83.2 cm³/mol. The van der Waals surface area contributed by atoms with Crippen molar-refractivity contribution in [2.24, 2.45) is 5.84 Å². The van der Waals surface area contributed by atoms with E-state index in [4.69, 9.17) is 33.8 Å². The summed E-state index contributed by atoms with van der Waals surface area (Å²) in [4.78, 5) is 0. The van der Waals surface area contributed by atoms with E-state index in [9.17, 15) is 4.39 Å². The van der Waals surface area contributed by atoms with Crippen molar-refractivity contribution in [2.45, 2.75) is 12.5 Å². The molecule has 0 aliphatic carbocycles. The topological polar surface area (TPSA) is 47.3 Å². The number of rotatable bonds is 6. The Labute approximate surface area is 132 Å². The molecule has 0 fully saturated rings. The number of halogens is 3. The third-order valence-corrected chi connectivity index (χ3v) is 3.46. The lowest BCUT2D eigenvalue weighted by Crippen LogP contribution is -2.41. The maximum Gasteiger partial charge on any atom is 0.126 e. The van der Waals surface area contributed by atoms with Gasteiger partial charge in [0.15, 0.2) is 0 Å². The van der Waals surface area contributed by atoms with Crippen LogP contribution >= 0.6 is 23.2 Å². The number of ether oxygens (including phenoxy) is 1. The summed E-state index contributed by atoms with van der Waals surface area (Å²) in [6, 6.07) is 11.2. The van der Waals surface area contributed by atoms with E-state index in [0.29, 0.717) is 34.4 Å². The molecule has 6 heteroatoms. The first-order chi connectivity index (χ1) is 10.1. The first-order valence-electron chi connectivity index (χ1n) is 6.37. The quantitative estimate of drug-likeness (QED) is 0.629. The van der Waals surface area contributed by atoms with Crippen LogP contribution in [0.5, 0.6) is 5.75 Å². The predicted octanol–water partition coefficient (Wildman–Crippen LogP) is 3.59. The number of hydrazine groups is 1. The van der Waals surface area contributed by atoms with Gasteiger partial charge in [0.25, 0.3) is 0 Å². The molecule has 0 heterocycles. The van der Waals surface area contributed by atoms with Crippen LogP contribution in [0.3, 0.4) is 0 Å². The van der Waals surface area contributed by atoms with Gasteiger partial charge < -0.3 is 4.74 Å². The fraction of sp³-hybridized carbons (Fsp3) is 0.200. The molecule has 0 spiro atoms. The summed E-state index contributed by atoms with van der Waals surface area (Å²) in [6.07, 6.45) is 0.372. The lowest BCUT2D eigenvalue weighted by molar-refractivity contribution is 0.263. The van der Waals surface area contributed by atoms with E-state index in [1.165, 1.54) is 12.1 Å². The Morgan fingerprint density at radius 3 is 2.43 bits per heavy atom. The van der Waals surface area contributed by atoms with Crippen molar-refractivity contribution in [2.75, 3.05) is 6.61 Å². The molecule has 0 bridgehead atoms. The SMILES string of the molecule is NNC(COc1ccc(Cl)cc1)Cc1cc(Cl)ccc1F. The number of benzene rings is 2. The van der Waals surface area contributed by atoms with Crippen molar-refractivity contribution in [3.8, 4) is 5.75 Å². The molecule has 0 aliphatic rings. The molecule has 2 rings (SSSR count). The maximum atomic E-state index is 13.7. The van der Waals surface area contributed by atoms with Gasteiger partial charge in [-0.25, -0.2) is 4.39 Å². The molecular formula is C15H15Cl2FN2O. The van der Waals surface area contributed by atoms with Crippen molar-refractivity contribution < 1.29 is 9.13 Å². The third kappa shape index (κ3) is 4.86. The van der Waals surface area contributed by atoms with Gasteiger partial charge in [-0.05, 0) is 54.4 Å². The second kappa shape index (κ2) is 7.61. The van der Waals surface area contributed by atoms with E-state index in [0.717, 1.165) is 0 Å². The van der Waals surface area contributed by atoms with Crippen LogP contribution in [-0.2, 0) is 6.42 Å². The molecule has 3 N–H and O–H groups in total. The van der Waals surface area contributed by atoms with E-state index in [2.05, 4.69) is 5.43 Å². The van der Waals surface area contributed by atoms with Crippen LogP contribution in [0.1, 0.15) is 5.56 Å². The minimum Gasteiger partial charge on any atom is -0.492 e. The Morgan fingerprint density at radius 2 is 1.76 bits per heavy atom. The Hall–Kier alpha value is -1.33. The minimum absolute atomic E-state index is 0.242. The number of hydrogen-bond donors (Lipinski definition) is 2. The van der Waals surface area contributed by atoms with Crippen LogP contribution in [-0.4, -0.2) is 12.6 Å². The van der Waals surface area contributed by atoms with Crippen LogP contribution in [0.25, 0.3) is 0 Å². The van der Waals surface area contributed by atoms with Crippen molar-refractivity contribution in [1.82, 2.24) is 5.43 Å². The average molecular weight is 329 g/mol. The Kier molecular flexibility index (Phi) is 5.82. The normalized spacial score (nSPS) is 12.2. The lowest BCUT2D eigenvalue weighted by Gasteiger charge is -2.17. The van der Waals surface area contributed by atoms with Crippen molar-refractivity contribution >= 4 is 23.2 Å². The summed E-state index contributed by atoms with van der Waals surface area (Å²) in [5.74, 6) is 5.85. The first-order valence-corrected chi connectivity index (χ1v) is 7.12. The first kappa shape index (κ1) is 16.0. The van der Waals surface area contributed by atoms with Gasteiger partial charge in [-0.1, -0.05) is 23.2 Å². The number of hydrogen-bond acceptors (Lipinski definition) is 3. The minimum atomic E-state index is -0.314. The highest BCUT2D eigenvalue weighted by Gasteiger charge is 2.12. The van der Waals surface area contributed by atoms with E-state index >= 15 is 0 Å². The second-order valence-corrected chi connectivity index (χ2v) is 5.44. The summed E-state index contributed by atoms with van der Waals surface area (Å²) >= 11 is 11.7. The van der Waals surface area contributed by atoms with E-state index in [1.54, 1.807) is 30.3 Å². The van der Waals surface area contributed by atoms with Gasteiger partial charge in [-0.2, -0.15) is 0 Å². The van der Waals surface area contributed by atoms with Crippen molar-refractivity contribution in [3.05, 3.63) is 63.9 Å². The maximum absolute atomic E-state index is 13.7. The van der Waals surface area contributed by atoms with Gasteiger partial charge in [-0.15, -0.1) is 0 Å². The number of nitrogens with one attached hydrogen (secondary N) is 1. The van der Waals surface area contributed by atoms with Crippen LogP contribution in [0.2, 0.25) is 10.0 Å².